The van der Waals surface area contributed by atoms with Gasteiger partial charge in [-0.05, 0) is 42.5 Å². The highest BCUT2D eigenvalue weighted by Gasteiger charge is 2.07. The Kier molecular flexibility index (Phi) is 6.00. The Morgan fingerprint density at radius 1 is 1.35 bits per heavy atom. The maximum Gasteiger partial charge on any atom is 0.119 e. The highest BCUT2D eigenvalue weighted by molar-refractivity contribution is 9.10. The average molecular weight is 300 g/mol. The van der Waals surface area contributed by atoms with Crippen LogP contribution in [-0.2, 0) is 6.42 Å². The SMILES string of the molecule is CCC(N)Cc1cc(OCC(C)C)ccc1Br. The van der Waals surface area contributed by atoms with E-state index in [1.165, 1.54) is 5.56 Å². The molecule has 96 valence electrons. The van der Waals surface area contributed by atoms with Crippen molar-refractivity contribution in [3.8, 4) is 5.75 Å². The van der Waals surface area contributed by atoms with Crippen molar-refractivity contribution < 1.29 is 4.74 Å². The van der Waals surface area contributed by atoms with Crippen LogP contribution in [0.5, 0.6) is 5.75 Å². The summed E-state index contributed by atoms with van der Waals surface area (Å²) in [7, 11) is 0. The molecule has 0 amide bonds. The maximum absolute atomic E-state index is 5.98. The van der Waals surface area contributed by atoms with Gasteiger partial charge in [-0.25, -0.2) is 0 Å². The van der Waals surface area contributed by atoms with Gasteiger partial charge in [0.2, 0.25) is 0 Å². The molecule has 1 rings (SSSR count). The Morgan fingerprint density at radius 2 is 2.06 bits per heavy atom. The van der Waals surface area contributed by atoms with Gasteiger partial charge in [-0.2, -0.15) is 0 Å². The van der Waals surface area contributed by atoms with Crippen LogP contribution in [0.3, 0.4) is 0 Å². The highest BCUT2D eigenvalue weighted by Crippen LogP contribution is 2.24. The van der Waals surface area contributed by atoms with Crippen LogP contribution in [-0.4, -0.2) is 12.6 Å². The lowest BCUT2D eigenvalue weighted by atomic mass is 10.0. The van der Waals surface area contributed by atoms with Gasteiger partial charge in [0.25, 0.3) is 0 Å². The van der Waals surface area contributed by atoms with Gasteiger partial charge in [0.15, 0.2) is 0 Å². The molecule has 2 N–H and O–H groups in total. The summed E-state index contributed by atoms with van der Waals surface area (Å²) in [6.07, 6.45) is 1.87. The van der Waals surface area contributed by atoms with Gasteiger partial charge >= 0.3 is 0 Å². The summed E-state index contributed by atoms with van der Waals surface area (Å²) in [5.41, 5.74) is 7.21. The van der Waals surface area contributed by atoms with E-state index in [1.807, 2.05) is 12.1 Å². The fourth-order valence-electron chi connectivity index (χ4n) is 1.49. The number of benzene rings is 1. The molecule has 0 spiro atoms. The Balaban J connectivity index is 2.72. The largest absolute Gasteiger partial charge is 0.493 e. The summed E-state index contributed by atoms with van der Waals surface area (Å²) in [4.78, 5) is 0. The monoisotopic (exact) mass is 299 g/mol. The van der Waals surface area contributed by atoms with Crippen LogP contribution in [0, 0.1) is 5.92 Å². The van der Waals surface area contributed by atoms with E-state index in [0.717, 1.165) is 29.7 Å². The first-order valence-corrected chi connectivity index (χ1v) is 6.99. The van der Waals surface area contributed by atoms with E-state index in [0.29, 0.717) is 5.92 Å². The number of hydrogen-bond acceptors (Lipinski definition) is 2. The van der Waals surface area contributed by atoms with E-state index in [9.17, 15) is 0 Å². The van der Waals surface area contributed by atoms with E-state index < -0.39 is 0 Å². The predicted molar refractivity (Wildman–Crippen MR) is 76.4 cm³/mol. The summed E-state index contributed by atoms with van der Waals surface area (Å²) < 4.78 is 6.83. The molecule has 17 heavy (non-hydrogen) atoms. The summed E-state index contributed by atoms with van der Waals surface area (Å²) in [6, 6.07) is 6.33. The van der Waals surface area contributed by atoms with Crippen LogP contribution in [0.2, 0.25) is 0 Å². The number of rotatable bonds is 6. The van der Waals surface area contributed by atoms with Gasteiger partial charge in [0.05, 0.1) is 6.61 Å². The molecule has 1 atom stereocenters. The highest BCUT2D eigenvalue weighted by atomic mass is 79.9. The quantitative estimate of drug-likeness (QED) is 0.868. The molecular weight excluding hydrogens is 278 g/mol. The molecule has 0 radical (unpaired) electrons. The molecule has 1 aromatic rings. The number of hydrogen-bond donors (Lipinski definition) is 1. The molecule has 0 aliphatic rings. The Morgan fingerprint density at radius 3 is 2.65 bits per heavy atom. The van der Waals surface area contributed by atoms with Crippen molar-refractivity contribution in [2.75, 3.05) is 6.61 Å². The lowest BCUT2D eigenvalue weighted by molar-refractivity contribution is 0.270. The zero-order valence-corrected chi connectivity index (χ0v) is 12.5. The van der Waals surface area contributed by atoms with Crippen molar-refractivity contribution in [1.29, 1.82) is 0 Å². The molecule has 1 aromatic carbocycles. The molecule has 0 saturated carbocycles. The molecule has 0 aliphatic heterocycles. The first kappa shape index (κ1) is 14.5. The lowest BCUT2D eigenvalue weighted by Crippen LogP contribution is -2.21. The van der Waals surface area contributed by atoms with Crippen LogP contribution >= 0.6 is 15.9 Å². The van der Waals surface area contributed by atoms with Crippen molar-refractivity contribution >= 4 is 15.9 Å². The van der Waals surface area contributed by atoms with E-state index in [4.69, 9.17) is 10.5 Å². The lowest BCUT2D eigenvalue weighted by Gasteiger charge is -2.13. The van der Waals surface area contributed by atoms with Gasteiger partial charge in [-0.1, -0.05) is 36.7 Å². The van der Waals surface area contributed by atoms with Crippen molar-refractivity contribution in [2.45, 2.75) is 39.7 Å². The first-order chi connectivity index (χ1) is 8.02. The molecular formula is C14H22BrNO. The number of halogens is 1. The van der Waals surface area contributed by atoms with Crippen LogP contribution in [0.15, 0.2) is 22.7 Å². The third-order valence-electron chi connectivity index (χ3n) is 2.61. The normalized spacial score (nSPS) is 12.8. The molecule has 0 heterocycles. The third-order valence-corrected chi connectivity index (χ3v) is 3.38. The zero-order valence-electron chi connectivity index (χ0n) is 10.9. The van der Waals surface area contributed by atoms with Crippen molar-refractivity contribution in [3.63, 3.8) is 0 Å². The van der Waals surface area contributed by atoms with Gasteiger partial charge < -0.3 is 10.5 Å². The van der Waals surface area contributed by atoms with Gasteiger partial charge in [-0.3, -0.25) is 0 Å². The number of ether oxygens (including phenoxy) is 1. The minimum Gasteiger partial charge on any atom is -0.493 e. The Hall–Kier alpha value is -0.540. The fraction of sp³-hybridized carbons (Fsp3) is 0.571. The molecule has 0 aliphatic carbocycles. The zero-order chi connectivity index (χ0) is 12.8. The van der Waals surface area contributed by atoms with E-state index in [1.54, 1.807) is 0 Å². The summed E-state index contributed by atoms with van der Waals surface area (Å²) in [5.74, 6) is 1.47. The molecule has 0 bridgehead atoms. The Bertz CT molecular complexity index is 352. The van der Waals surface area contributed by atoms with Crippen molar-refractivity contribution in [2.24, 2.45) is 11.7 Å². The molecule has 0 aromatic heterocycles. The van der Waals surface area contributed by atoms with Crippen molar-refractivity contribution in [3.05, 3.63) is 28.2 Å². The second-order valence-electron chi connectivity index (χ2n) is 4.83. The molecule has 0 fully saturated rings. The second kappa shape index (κ2) is 7.02. The standard InChI is InChI=1S/C14H22BrNO/c1-4-12(16)7-11-8-13(5-6-14(11)15)17-9-10(2)3/h5-6,8,10,12H,4,7,9,16H2,1-3H3. The predicted octanol–water partition coefficient (Wildman–Crippen LogP) is 3.76. The first-order valence-electron chi connectivity index (χ1n) is 6.19. The molecule has 1 unspecified atom stereocenters. The smallest absolute Gasteiger partial charge is 0.119 e. The molecule has 0 saturated heterocycles. The third kappa shape index (κ3) is 5.09. The fourth-order valence-corrected chi connectivity index (χ4v) is 1.90. The summed E-state index contributed by atoms with van der Waals surface area (Å²) in [6.45, 7) is 7.15. The number of nitrogens with two attached hydrogens (primary N) is 1. The second-order valence-corrected chi connectivity index (χ2v) is 5.68. The van der Waals surface area contributed by atoms with Gasteiger partial charge in [0.1, 0.15) is 5.75 Å². The molecule has 3 heteroatoms. The minimum atomic E-state index is 0.214. The van der Waals surface area contributed by atoms with E-state index in [2.05, 4.69) is 42.8 Å². The van der Waals surface area contributed by atoms with Gasteiger partial charge in [0, 0.05) is 10.5 Å². The Labute approximate surface area is 113 Å². The van der Waals surface area contributed by atoms with Crippen molar-refractivity contribution in [1.82, 2.24) is 0 Å². The van der Waals surface area contributed by atoms with Crippen LogP contribution in [0.25, 0.3) is 0 Å². The average Bonchev–Trinajstić information content (AvgIpc) is 2.29. The van der Waals surface area contributed by atoms with Crippen LogP contribution in [0.1, 0.15) is 32.8 Å². The van der Waals surface area contributed by atoms with Gasteiger partial charge in [-0.15, -0.1) is 0 Å². The minimum absolute atomic E-state index is 0.214. The summed E-state index contributed by atoms with van der Waals surface area (Å²) in [5, 5.41) is 0. The topological polar surface area (TPSA) is 35.2 Å². The van der Waals surface area contributed by atoms with E-state index in [-0.39, 0.29) is 6.04 Å². The van der Waals surface area contributed by atoms with Crippen LogP contribution < -0.4 is 10.5 Å². The van der Waals surface area contributed by atoms with Crippen LogP contribution in [0.4, 0.5) is 0 Å². The van der Waals surface area contributed by atoms with E-state index >= 15 is 0 Å². The maximum atomic E-state index is 5.98. The molecule has 2 nitrogen and oxygen atoms in total. The summed E-state index contributed by atoms with van der Waals surface area (Å²) >= 11 is 3.56.